The molecule has 0 saturated heterocycles. The van der Waals surface area contributed by atoms with Crippen LogP contribution >= 0.6 is 0 Å². The van der Waals surface area contributed by atoms with Gasteiger partial charge in [0, 0.05) is 17.5 Å². The molecule has 1 aliphatic rings. The number of aryl methyl sites for hydroxylation is 1. The molecule has 3 aromatic rings. The minimum absolute atomic E-state index is 0.126. The summed E-state index contributed by atoms with van der Waals surface area (Å²) in [6, 6.07) is 18.7. The van der Waals surface area contributed by atoms with Gasteiger partial charge in [-0.15, -0.1) is 4.91 Å². The van der Waals surface area contributed by atoms with Crippen molar-refractivity contribution >= 4 is 5.69 Å². The second kappa shape index (κ2) is 8.65. The summed E-state index contributed by atoms with van der Waals surface area (Å²) in [4.78, 5) is 23.2. The van der Waals surface area contributed by atoms with Gasteiger partial charge in [-0.3, -0.25) is 10.1 Å². The van der Waals surface area contributed by atoms with Gasteiger partial charge in [0.1, 0.15) is 6.04 Å². The van der Waals surface area contributed by atoms with Crippen LogP contribution in [0.4, 0.5) is 5.69 Å². The number of hydrogen-bond donors (Lipinski definition) is 0. The van der Waals surface area contributed by atoms with Crippen molar-refractivity contribution < 1.29 is 4.92 Å². The summed E-state index contributed by atoms with van der Waals surface area (Å²) in [7, 11) is 0. The van der Waals surface area contributed by atoms with Gasteiger partial charge in [-0.05, 0) is 64.8 Å². The van der Waals surface area contributed by atoms with Gasteiger partial charge in [0.05, 0.1) is 4.92 Å². The van der Waals surface area contributed by atoms with E-state index in [1.165, 1.54) is 0 Å². The fraction of sp³-hybridized carbons (Fsp3) is 0.333. The first-order chi connectivity index (χ1) is 15.5. The fourth-order valence-electron chi connectivity index (χ4n) is 5.49. The molecular weight excluding hydrogens is 400 g/mol. The molecule has 0 fully saturated rings. The SMILES string of the molecule is CCCC1(CCC)c2cc(C(N=O)c3ccccc3C)ccc2-c2ccc([N+](=O)[O-])cc21. The molecule has 0 amide bonds. The molecule has 0 aliphatic heterocycles. The summed E-state index contributed by atoms with van der Waals surface area (Å²) < 4.78 is 0. The van der Waals surface area contributed by atoms with Gasteiger partial charge >= 0.3 is 0 Å². The van der Waals surface area contributed by atoms with Gasteiger partial charge in [0.2, 0.25) is 0 Å². The van der Waals surface area contributed by atoms with E-state index in [1.54, 1.807) is 12.1 Å². The Morgan fingerprint density at radius 3 is 2.16 bits per heavy atom. The van der Waals surface area contributed by atoms with E-state index in [0.717, 1.165) is 64.6 Å². The third-order valence-corrected chi connectivity index (χ3v) is 6.84. The quantitative estimate of drug-likeness (QED) is 0.210. The van der Waals surface area contributed by atoms with Crippen molar-refractivity contribution in [3.63, 3.8) is 0 Å². The fourth-order valence-corrected chi connectivity index (χ4v) is 5.49. The number of nitrogens with zero attached hydrogens (tertiary/aromatic N) is 2. The van der Waals surface area contributed by atoms with Crippen molar-refractivity contribution in [1.82, 2.24) is 0 Å². The number of nitroso groups, excluding NO2 is 1. The first-order valence-corrected chi connectivity index (χ1v) is 11.3. The molecule has 32 heavy (non-hydrogen) atoms. The van der Waals surface area contributed by atoms with E-state index in [-0.39, 0.29) is 16.0 Å². The summed E-state index contributed by atoms with van der Waals surface area (Å²) in [5.41, 5.74) is 7.00. The highest BCUT2D eigenvalue weighted by Gasteiger charge is 2.43. The molecule has 3 aromatic carbocycles. The van der Waals surface area contributed by atoms with Gasteiger partial charge in [0.15, 0.2) is 0 Å². The van der Waals surface area contributed by atoms with Crippen molar-refractivity contribution in [2.45, 2.75) is 57.9 Å². The maximum Gasteiger partial charge on any atom is 0.269 e. The molecule has 0 N–H and O–H groups in total. The molecule has 0 radical (unpaired) electrons. The Morgan fingerprint density at radius 1 is 0.938 bits per heavy atom. The highest BCUT2D eigenvalue weighted by Crippen LogP contribution is 2.55. The van der Waals surface area contributed by atoms with Gasteiger partial charge in [-0.2, -0.15) is 0 Å². The van der Waals surface area contributed by atoms with Crippen LogP contribution in [0.5, 0.6) is 0 Å². The molecule has 0 aromatic heterocycles. The molecule has 4 rings (SSSR count). The van der Waals surface area contributed by atoms with Gasteiger partial charge in [0.25, 0.3) is 5.69 Å². The number of nitro benzene ring substituents is 1. The normalized spacial score (nSPS) is 14.5. The molecule has 1 unspecified atom stereocenters. The highest BCUT2D eigenvalue weighted by molar-refractivity contribution is 5.82. The number of fused-ring (bicyclic) bond motifs is 3. The van der Waals surface area contributed by atoms with Crippen LogP contribution in [-0.4, -0.2) is 4.92 Å². The third kappa shape index (κ3) is 3.42. The van der Waals surface area contributed by atoms with Crippen molar-refractivity contribution in [3.8, 4) is 11.1 Å². The van der Waals surface area contributed by atoms with Gasteiger partial charge in [-0.25, -0.2) is 0 Å². The van der Waals surface area contributed by atoms with Gasteiger partial charge in [-0.1, -0.05) is 74.3 Å². The zero-order valence-corrected chi connectivity index (χ0v) is 18.8. The third-order valence-electron chi connectivity index (χ3n) is 6.84. The number of rotatable bonds is 8. The Bertz CT molecular complexity index is 1180. The predicted molar refractivity (Wildman–Crippen MR) is 128 cm³/mol. The summed E-state index contributed by atoms with van der Waals surface area (Å²) in [5.74, 6) is 0. The van der Waals surface area contributed by atoms with Gasteiger partial charge < -0.3 is 0 Å². The number of hydrogen-bond acceptors (Lipinski definition) is 4. The van der Waals surface area contributed by atoms with Crippen LogP contribution in [-0.2, 0) is 5.41 Å². The second-order valence-corrected chi connectivity index (χ2v) is 8.74. The van der Waals surface area contributed by atoms with E-state index >= 15 is 0 Å². The lowest BCUT2D eigenvalue weighted by Gasteiger charge is -2.32. The molecule has 0 bridgehead atoms. The van der Waals surface area contributed by atoms with Crippen molar-refractivity contribution in [3.05, 3.63) is 104 Å². The van der Waals surface area contributed by atoms with E-state index < -0.39 is 6.04 Å². The summed E-state index contributed by atoms with van der Waals surface area (Å²) >= 11 is 0. The topological polar surface area (TPSA) is 72.6 Å². The smallest absolute Gasteiger partial charge is 0.258 e. The number of non-ortho nitro benzene ring substituents is 1. The largest absolute Gasteiger partial charge is 0.269 e. The molecule has 5 heteroatoms. The Morgan fingerprint density at radius 2 is 1.56 bits per heavy atom. The van der Waals surface area contributed by atoms with E-state index in [2.05, 4.69) is 31.2 Å². The molecule has 5 nitrogen and oxygen atoms in total. The summed E-state index contributed by atoms with van der Waals surface area (Å²) in [6.07, 6.45) is 3.71. The lowest BCUT2D eigenvalue weighted by Crippen LogP contribution is -2.25. The van der Waals surface area contributed by atoms with Crippen LogP contribution in [0.2, 0.25) is 0 Å². The van der Waals surface area contributed by atoms with E-state index in [9.17, 15) is 15.0 Å². The number of benzene rings is 3. The second-order valence-electron chi connectivity index (χ2n) is 8.74. The van der Waals surface area contributed by atoms with Crippen molar-refractivity contribution in [1.29, 1.82) is 0 Å². The van der Waals surface area contributed by atoms with Crippen LogP contribution in [0, 0.1) is 21.9 Å². The first kappa shape index (κ1) is 21.9. The summed E-state index contributed by atoms with van der Waals surface area (Å²) in [6.45, 7) is 6.30. The highest BCUT2D eigenvalue weighted by atomic mass is 16.6. The Balaban J connectivity index is 1.94. The first-order valence-electron chi connectivity index (χ1n) is 11.3. The summed E-state index contributed by atoms with van der Waals surface area (Å²) in [5, 5.41) is 15.0. The zero-order chi connectivity index (χ0) is 22.9. The Labute approximate surface area is 188 Å². The van der Waals surface area contributed by atoms with Crippen molar-refractivity contribution in [2.24, 2.45) is 5.18 Å². The van der Waals surface area contributed by atoms with Crippen LogP contribution in [0.15, 0.2) is 65.8 Å². The number of nitro groups is 1. The molecule has 164 valence electrons. The lowest BCUT2D eigenvalue weighted by atomic mass is 9.71. The minimum Gasteiger partial charge on any atom is -0.258 e. The average molecular weight is 429 g/mol. The Kier molecular flexibility index (Phi) is 5.92. The van der Waals surface area contributed by atoms with E-state index in [0.29, 0.717) is 0 Å². The molecule has 1 atom stereocenters. The van der Waals surface area contributed by atoms with Crippen molar-refractivity contribution in [2.75, 3.05) is 0 Å². The van der Waals surface area contributed by atoms with E-state index in [4.69, 9.17) is 0 Å². The molecule has 0 saturated carbocycles. The van der Waals surface area contributed by atoms with E-state index in [1.807, 2.05) is 43.3 Å². The molecule has 0 spiro atoms. The molecular formula is C27H28N2O3. The maximum atomic E-state index is 12.0. The monoisotopic (exact) mass is 428 g/mol. The predicted octanol–water partition coefficient (Wildman–Crippen LogP) is 7.63. The standard InChI is InChI=1S/C27H28N2O3/c1-4-14-27(15-5-2)24-16-19(26(28-30)21-9-7-6-8-18(21)3)10-12-22(24)23-13-11-20(29(31)32)17-25(23)27/h6-13,16-17,26H,4-5,14-15H2,1-3H3. The molecule has 1 aliphatic carbocycles. The van der Waals surface area contributed by atoms with Crippen LogP contribution in [0.1, 0.15) is 73.4 Å². The Hall–Kier alpha value is -3.34. The molecule has 0 heterocycles. The van der Waals surface area contributed by atoms with Crippen LogP contribution in [0.3, 0.4) is 0 Å². The maximum absolute atomic E-state index is 12.0. The zero-order valence-electron chi connectivity index (χ0n) is 18.8. The van der Waals surface area contributed by atoms with Crippen LogP contribution in [0.25, 0.3) is 11.1 Å². The van der Waals surface area contributed by atoms with Crippen LogP contribution < -0.4 is 0 Å². The minimum atomic E-state index is -0.583. The average Bonchev–Trinajstić information content (AvgIpc) is 3.05. The lowest BCUT2D eigenvalue weighted by molar-refractivity contribution is -0.384.